The number of ether oxygens (including phenoxy) is 2. The Morgan fingerprint density at radius 2 is 0.980 bits per heavy atom. The highest BCUT2D eigenvalue weighted by molar-refractivity contribution is 7.90. The van der Waals surface area contributed by atoms with E-state index in [0.29, 0.717) is 38.0 Å². The minimum absolute atomic E-state index is 0.196. The van der Waals surface area contributed by atoms with Crippen molar-refractivity contribution >= 4 is 32.2 Å². The van der Waals surface area contributed by atoms with Crippen molar-refractivity contribution in [3.8, 4) is 0 Å². The van der Waals surface area contributed by atoms with Gasteiger partial charge in [0.25, 0.3) is 0 Å². The topological polar surface area (TPSA) is 189 Å². The summed E-state index contributed by atoms with van der Waals surface area (Å²) in [5.74, 6) is 1.35. The quantitative estimate of drug-likeness (QED) is 0.269. The van der Waals surface area contributed by atoms with Crippen LogP contribution in [0.5, 0.6) is 0 Å². The van der Waals surface area contributed by atoms with E-state index in [1.165, 1.54) is 0 Å². The summed E-state index contributed by atoms with van der Waals surface area (Å²) in [6, 6.07) is 0. The number of nitrogens with two attached hydrogens (primary N) is 1. The number of rotatable bonds is 9. The van der Waals surface area contributed by atoms with Crippen LogP contribution < -0.4 is 20.5 Å². The molecule has 0 aromatic heterocycles. The number of carbonyl (C=O) groups excluding carboxylic acids is 2. The molecule has 0 saturated carbocycles. The molecule has 5 N–H and O–H groups in total. The van der Waals surface area contributed by atoms with Gasteiger partial charge in [0.2, 0.25) is 20.0 Å². The lowest BCUT2D eigenvalue weighted by Crippen LogP contribution is -2.44. The number of amides is 2. The number of piperidine rings is 3. The van der Waals surface area contributed by atoms with Crippen LogP contribution in [0.3, 0.4) is 0 Å². The van der Waals surface area contributed by atoms with Gasteiger partial charge >= 0.3 is 12.2 Å². The van der Waals surface area contributed by atoms with E-state index in [4.69, 9.17) is 15.2 Å². The van der Waals surface area contributed by atoms with Crippen LogP contribution in [-0.4, -0.2) is 119 Å². The van der Waals surface area contributed by atoms with E-state index in [1.54, 1.807) is 37.5 Å². The molecule has 16 heteroatoms. The van der Waals surface area contributed by atoms with Crippen LogP contribution >= 0.6 is 0 Å². The maximum atomic E-state index is 11.9. The Morgan fingerprint density at radius 1 is 0.660 bits per heavy atom. The van der Waals surface area contributed by atoms with Gasteiger partial charge in [-0.15, -0.1) is 0 Å². The van der Waals surface area contributed by atoms with Crippen molar-refractivity contribution in [3.05, 3.63) is 0 Å². The van der Waals surface area contributed by atoms with Crippen molar-refractivity contribution in [3.63, 3.8) is 0 Å². The molecule has 3 heterocycles. The Labute approximate surface area is 303 Å². The van der Waals surface area contributed by atoms with Crippen LogP contribution in [-0.2, 0) is 29.5 Å². The van der Waals surface area contributed by atoms with Crippen molar-refractivity contribution in [2.45, 2.75) is 129 Å². The van der Waals surface area contributed by atoms with Gasteiger partial charge in [0, 0.05) is 39.3 Å². The molecule has 0 atom stereocenters. The van der Waals surface area contributed by atoms with Gasteiger partial charge in [0.15, 0.2) is 0 Å². The predicted octanol–water partition coefficient (Wildman–Crippen LogP) is 3.87. The highest BCUT2D eigenvalue weighted by Crippen LogP contribution is 2.20. The van der Waals surface area contributed by atoms with Crippen molar-refractivity contribution < 1.29 is 35.9 Å². The molecule has 3 aliphatic heterocycles. The number of carbonyl (C=O) groups is 2. The summed E-state index contributed by atoms with van der Waals surface area (Å²) in [6.45, 7) is 24.5. The summed E-state index contributed by atoms with van der Waals surface area (Å²) in [5.41, 5.74) is 4.71. The van der Waals surface area contributed by atoms with Gasteiger partial charge in [-0.2, -0.15) is 0 Å². The van der Waals surface area contributed by atoms with Gasteiger partial charge in [-0.05, 0) is 145 Å². The Hall–Kier alpha value is -1.72. The van der Waals surface area contributed by atoms with E-state index in [1.807, 2.05) is 41.5 Å². The zero-order valence-corrected chi connectivity index (χ0v) is 34.2. The number of nitrogens with zero attached hydrogens (tertiary/aromatic N) is 2. The largest absolute Gasteiger partial charge is 0.444 e. The van der Waals surface area contributed by atoms with Crippen molar-refractivity contribution in [2.75, 3.05) is 58.9 Å². The van der Waals surface area contributed by atoms with Crippen LogP contribution in [0.2, 0.25) is 0 Å². The van der Waals surface area contributed by atoms with Crippen LogP contribution in [0, 0.1) is 17.8 Å². The molecule has 3 aliphatic rings. The Bertz CT molecular complexity index is 1210. The third-order valence-electron chi connectivity index (χ3n) is 8.71. The normalized spacial score (nSPS) is 19.0. The first kappa shape index (κ1) is 46.3. The monoisotopic (exact) mass is 754 g/mol. The maximum Gasteiger partial charge on any atom is 0.410 e. The van der Waals surface area contributed by atoms with Gasteiger partial charge in [0.05, 0.1) is 10.5 Å². The van der Waals surface area contributed by atoms with Gasteiger partial charge in [-0.3, -0.25) is 0 Å². The van der Waals surface area contributed by atoms with E-state index in [2.05, 4.69) is 14.8 Å². The molecule has 296 valence electrons. The van der Waals surface area contributed by atoms with Gasteiger partial charge in [-0.25, -0.2) is 35.9 Å². The Kier molecular flexibility index (Phi) is 19.5. The molecular formula is C34H70N6O8S2. The number of likely N-dealkylation sites (tertiary alicyclic amines) is 2. The number of nitrogens with one attached hydrogen (secondary N) is 3. The van der Waals surface area contributed by atoms with E-state index in [-0.39, 0.29) is 23.4 Å². The number of hydrogen-bond acceptors (Lipinski definition) is 10. The van der Waals surface area contributed by atoms with E-state index in [9.17, 15) is 26.4 Å². The third-order valence-corrected chi connectivity index (χ3v) is 12.3. The number of hydrogen-bond donors (Lipinski definition) is 4. The minimum atomic E-state index is -3.21. The first-order valence-corrected chi connectivity index (χ1v) is 21.4. The zero-order valence-electron chi connectivity index (χ0n) is 32.5. The molecule has 14 nitrogen and oxygen atoms in total. The molecule has 0 spiro atoms. The summed E-state index contributed by atoms with van der Waals surface area (Å²) in [5, 5.41) is 2.51. The zero-order chi connectivity index (χ0) is 38.3. The summed E-state index contributed by atoms with van der Waals surface area (Å²) in [6.07, 6.45) is 5.23. The van der Waals surface area contributed by atoms with Crippen LogP contribution in [0.15, 0.2) is 0 Å². The second-order valence-electron chi connectivity index (χ2n) is 16.1. The SMILES string of the molecule is CC(C)(C)OC(=O)N1CCC(CN)CC1.CC(C)S(=O)(=O)NCC1CCN(C(=O)OC(C)(C)C)CC1.CC(C)S(=O)(=O)NCC1CCNCC1. The van der Waals surface area contributed by atoms with Gasteiger partial charge in [-0.1, -0.05) is 0 Å². The first-order valence-electron chi connectivity index (χ1n) is 18.3. The van der Waals surface area contributed by atoms with Gasteiger partial charge in [0.1, 0.15) is 11.2 Å². The van der Waals surface area contributed by atoms with E-state index < -0.39 is 36.5 Å². The fourth-order valence-corrected chi connectivity index (χ4v) is 6.81. The molecule has 0 unspecified atom stereocenters. The lowest BCUT2D eigenvalue weighted by atomic mass is 9.97. The average molecular weight is 755 g/mol. The van der Waals surface area contributed by atoms with E-state index in [0.717, 1.165) is 71.2 Å². The molecular weight excluding hydrogens is 685 g/mol. The maximum absolute atomic E-state index is 11.9. The van der Waals surface area contributed by atoms with Gasteiger partial charge < -0.3 is 30.3 Å². The molecule has 3 saturated heterocycles. The molecule has 0 aliphatic carbocycles. The molecule has 0 aromatic carbocycles. The smallest absolute Gasteiger partial charge is 0.410 e. The van der Waals surface area contributed by atoms with Crippen molar-refractivity contribution in [1.82, 2.24) is 24.6 Å². The molecule has 50 heavy (non-hydrogen) atoms. The average Bonchev–Trinajstić information content (AvgIpc) is 3.02. The Balaban J connectivity index is 0.000000385. The second-order valence-corrected chi connectivity index (χ2v) is 20.8. The van der Waals surface area contributed by atoms with Crippen LogP contribution in [0.1, 0.15) is 108 Å². The highest BCUT2D eigenvalue weighted by Gasteiger charge is 2.28. The molecule has 3 fully saturated rings. The van der Waals surface area contributed by atoms with E-state index >= 15 is 0 Å². The molecule has 3 rings (SSSR count). The van der Waals surface area contributed by atoms with Crippen LogP contribution in [0.4, 0.5) is 9.59 Å². The lowest BCUT2D eigenvalue weighted by molar-refractivity contribution is 0.0176. The summed E-state index contributed by atoms with van der Waals surface area (Å²) in [4.78, 5) is 27.1. The van der Waals surface area contributed by atoms with Crippen molar-refractivity contribution in [1.29, 1.82) is 0 Å². The fourth-order valence-electron chi connectivity index (χ4n) is 5.21. The summed E-state index contributed by atoms with van der Waals surface area (Å²) < 4.78 is 62.3. The Morgan fingerprint density at radius 3 is 1.28 bits per heavy atom. The molecule has 0 aromatic rings. The van der Waals surface area contributed by atoms with Crippen molar-refractivity contribution in [2.24, 2.45) is 23.5 Å². The highest BCUT2D eigenvalue weighted by atomic mass is 32.2. The molecule has 2 amide bonds. The molecule has 0 bridgehead atoms. The minimum Gasteiger partial charge on any atom is -0.444 e. The standard InChI is InChI=1S/C14H28N2O4S.C11H22N2O2.C9H20N2O2S/c1-11(2)21(18,19)15-10-12-6-8-16(9-7-12)13(17)20-14(3,4)5;1-11(2,3)15-10(14)13-6-4-9(8-12)5-7-13;1-8(2)14(12,13)11-7-9-3-5-10-6-4-9/h11-12,15H,6-10H2,1-5H3;9H,4-8,12H2,1-3H3;8-11H,3-7H2,1-2H3. The third kappa shape index (κ3) is 19.2. The fraction of sp³-hybridized carbons (Fsp3) is 0.941. The molecule has 0 radical (unpaired) electrons. The summed E-state index contributed by atoms with van der Waals surface area (Å²) >= 11 is 0. The predicted molar refractivity (Wildman–Crippen MR) is 200 cm³/mol. The van der Waals surface area contributed by atoms with Crippen LogP contribution in [0.25, 0.3) is 0 Å². The first-order chi connectivity index (χ1) is 23.0. The lowest BCUT2D eigenvalue weighted by Gasteiger charge is -2.33. The second kappa shape index (κ2) is 21.1. The summed E-state index contributed by atoms with van der Waals surface area (Å²) in [7, 11) is -6.27. The number of sulfonamides is 2.